The van der Waals surface area contributed by atoms with Crippen LogP contribution in [0.15, 0.2) is 18.2 Å². The number of carbonyl (C=O) groups is 1. The molecule has 1 atom stereocenters. The van der Waals surface area contributed by atoms with Gasteiger partial charge in [-0.3, -0.25) is 4.79 Å². The van der Waals surface area contributed by atoms with Crippen LogP contribution >= 0.6 is 0 Å². The Morgan fingerprint density at radius 1 is 1.32 bits per heavy atom. The fraction of sp³-hybridized carbons (Fsp3) is 0.500. The van der Waals surface area contributed by atoms with Crippen LogP contribution in [0.1, 0.15) is 37.6 Å². The Bertz CT molecular complexity index is 455. The van der Waals surface area contributed by atoms with E-state index in [1.165, 1.54) is 6.07 Å². The number of rotatable bonds is 4. The highest BCUT2D eigenvalue weighted by Gasteiger charge is 2.21. The number of amides is 1. The number of nitrogens with one attached hydrogen (secondary N) is 1. The number of aliphatic hydroxyl groups is 1. The molecule has 0 unspecified atom stereocenters. The highest BCUT2D eigenvalue weighted by Crippen LogP contribution is 2.21. The predicted molar refractivity (Wildman–Crippen MR) is 68.8 cm³/mol. The number of carbonyl (C=O) groups excluding carboxylic acids is 1. The SMILES string of the molecule is CC(C)(C)[C@@H](O)CCNC(=O)c1ccc(F)c(F)c1. The molecule has 19 heavy (non-hydrogen) atoms. The van der Waals surface area contributed by atoms with Gasteiger partial charge in [-0.05, 0) is 30.0 Å². The maximum atomic E-state index is 13.0. The average molecular weight is 271 g/mol. The molecule has 0 saturated heterocycles. The van der Waals surface area contributed by atoms with Crippen LogP contribution in [0.2, 0.25) is 0 Å². The molecule has 0 radical (unpaired) electrons. The lowest BCUT2D eigenvalue weighted by molar-refractivity contribution is 0.0551. The van der Waals surface area contributed by atoms with E-state index in [0.29, 0.717) is 6.42 Å². The summed E-state index contributed by atoms with van der Waals surface area (Å²) in [5.41, 5.74) is -0.198. The Labute approximate surface area is 111 Å². The van der Waals surface area contributed by atoms with Crippen LogP contribution in [0.4, 0.5) is 8.78 Å². The van der Waals surface area contributed by atoms with Crippen molar-refractivity contribution >= 4 is 5.91 Å². The second-order valence-electron chi connectivity index (χ2n) is 5.56. The summed E-state index contributed by atoms with van der Waals surface area (Å²) in [6.45, 7) is 5.97. The lowest BCUT2D eigenvalue weighted by Crippen LogP contribution is -2.32. The molecular formula is C14H19F2NO2. The second-order valence-corrected chi connectivity index (χ2v) is 5.56. The topological polar surface area (TPSA) is 49.3 Å². The number of hydrogen-bond acceptors (Lipinski definition) is 2. The molecule has 1 rings (SSSR count). The molecule has 1 amide bonds. The van der Waals surface area contributed by atoms with Crippen molar-refractivity contribution in [2.75, 3.05) is 6.54 Å². The minimum atomic E-state index is -1.05. The molecule has 0 aliphatic carbocycles. The van der Waals surface area contributed by atoms with Crippen molar-refractivity contribution in [3.8, 4) is 0 Å². The van der Waals surface area contributed by atoms with E-state index in [0.717, 1.165) is 12.1 Å². The summed E-state index contributed by atoms with van der Waals surface area (Å²) in [4.78, 5) is 11.7. The zero-order valence-electron chi connectivity index (χ0n) is 11.3. The summed E-state index contributed by atoms with van der Waals surface area (Å²) in [6, 6.07) is 2.98. The van der Waals surface area contributed by atoms with E-state index in [2.05, 4.69) is 5.32 Å². The van der Waals surface area contributed by atoms with Crippen LogP contribution in [0, 0.1) is 17.0 Å². The van der Waals surface area contributed by atoms with Crippen molar-refractivity contribution in [1.29, 1.82) is 0 Å². The fourth-order valence-corrected chi connectivity index (χ4v) is 1.49. The van der Waals surface area contributed by atoms with Crippen LogP contribution < -0.4 is 5.32 Å². The van der Waals surface area contributed by atoms with Gasteiger partial charge < -0.3 is 10.4 Å². The first-order valence-corrected chi connectivity index (χ1v) is 6.13. The Hall–Kier alpha value is -1.49. The average Bonchev–Trinajstić information content (AvgIpc) is 2.31. The summed E-state index contributed by atoms with van der Waals surface area (Å²) >= 11 is 0. The normalized spacial score (nSPS) is 13.2. The first kappa shape index (κ1) is 15.6. The van der Waals surface area contributed by atoms with E-state index in [4.69, 9.17) is 0 Å². The summed E-state index contributed by atoms with van der Waals surface area (Å²) < 4.78 is 25.7. The van der Waals surface area contributed by atoms with Gasteiger partial charge >= 0.3 is 0 Å². The molecular weight excluding hydrogens is 252 g/mol. The molecule has 0 spiro atoms. The van der Waals surface area contributed by atoms with Crippen LogP contribution in [0.5, 0.6) is 0 Å². The third kappa shape index (κ3) is 4.59. The van der Waals surface area contributed by atoms with Crippen molar-refractivity contribution in [3.05, 3.63) is 35.4 Å². The fourth-order valence-electron chi connectivity index (χ4n) is 1.49. The molecule has 0 saturated carbocycles. The monoisotopic (exact) mass is 271 g/mol. The van der Waals surface area contributed by atoms with Gasteiger partial charge in [-0.15, -0.1) is 0 Å². The van der Waals surface area contributed by atoms with E-state index in [-0.39, 0.29) is 17.5 Å². The van der Waals surface area contributed by atoms with Crippen LogP contribution in [-0.2, 0) is 0 Å². The summed E-state index contributed by atoms with van der Waals surface area (Å²) in [5.74, 6) is -2.53. The zero-order chi connectivity index (χ0) is 14.6. The molecule has 0 aliphatic rings. The van der Waals surface area contributed by atoms with Crippen LogP contribution in [-0.4, -0.2) is 23.7 Å². The smallest absolute Gasteiger partial charge is 0.251 e. The van der Waals surface area contributed by atoms with Crippen molar-refractivity contribution in [1.82, 2.24) is 5.32 Å². The molecule has 5 heteroatoms. The Morgan fingerprint density at radius 2 is 1.95 bits per heavy atom. The quantitative estimate of drug-likeness (QED) is 0.884. The van der Waals surface area contributed by atoms with Crippen molar-refractivity contribution in [2.24, 2.45) is 5.41 Å². The van der Waals surface area contributed by atoms with E-state index in [1.54, 1.807) is 0 Å². The van der Waals surface area contributed by atoms with E-state index in [1.807, 2.05) is 20.8 Å². The third-order valence-corrected chi connectivity index (χ3v) is 2.88. The van der Waals surface area contributed by atoms with Gasteiger partial charge in [-0.25, -0.2) is 8.78 Å². The van der Waals surface area contributed by atoms with E-state index < -0.39 is 23.6 Å². The van der Waals surface area contributed by atoms with E-state index >= 15 is 0 Å². The molecule has 0 aliphatic heterocycles. The maximum Gasteiger partial charge on any atom is 0.251 e. The number of hydrogen-bond donors (Lipinski definition) is 2. The molecule has 3 nitrogen and oxygen atoms in total. The van der Waals surface area contributed by atoms with Crippen molar-refractivity contribution < 1.29 is 18.7 Å². The van der Waals surface area contributed by atoms with Gasteiger partial charge in [0.05, 0.1) is 6.10 Å². The lowest BCUT2D eigenvalue weighted by Gasteiger charge is -2.25. The van der Waals surface area contributed by atoms with Gasteiger partial charge in [0.25, 0.3) is 5.91 Å². The zero-order valence-corrected chi connectivity index (χ0v) is 11.3. The third-order valence-electron chi connectivity index (χ3n) is 2.88. The molecule has 0 fully saturated rings. The van der Waals surface area contributed by atoms with Gasteiger partial charge in [0, 0.05) is 12.1 Å². The van der Waals surface area contributed by atoms with Crippen LogP contribution in [0.3, 0.4) is 0 Å². The van der Waals surface area contributed by atoms with Crippen molar-refractivity contribution in [2.45, 2.75) is 33.3 Å². The summed E-state index contributed by atoms with van der Waals surface area (Å²) in [5, 5.41) is 12.3. The molecule has 0 aromatic heterocycles. The number of halogens is 2. The van der Waals surface area contributed by atoms with Gasteiger partial charge in [0.1, 0.15) is 0 Å². The standard InChI is InChI=1S/C14H19F2NO2/c1-14(2,3)12(18)6-7-17-13(19)9-4-5-10(15)11(16)8-9/h4-5,8,12,18H,6-7H2,1-3H3,(H,17,19)/t12-/m0/s1. The molecule has 0 heterocycles. The molecule has 1 aromatic carbocycles. The highest BCUT2D eigenvalue weighted by molar-refractivity contribution is 5.94. The maximum absolute atomic E-state index is 13.0. The first-order chi connectivity index (χ1) is 8.71. The summed E-state index contributed by atoms with van der Waals surface area (Å²) in [6.07, 6.45) is -0.142. The molecule has 0 bridgehead atoms. The lowest BCUT2D eigenvalue weighted by atomic mass is 9.87. The largest absolute Gasteiger partial charge is 0.393 e. The van der Waals surface area contributed by atoms with E-state index in [9.17, 15) is 18.7 Å². The van der Waals surface area contributed by atoms with Gasteiger partial charge in [-0.2, -0.15) is 0 Å². The minimum Gasteiger partial charge on any atom is -0.393 e. The molecule has 2 N–H and O–H groups in total. The Kier molecular flexibility index (Phi) is 5.00. The second kappa shape index (κ2) is 6.10. The minimum absolute atomic E-state index is 0.0594. The molecule has 1 aromatic rings. The van der Waals surface area contributed by atoms with Gasteiger partial charge in [0.2, 0.25) is 0 Å². The first-order valence-electron chi connectivity index (χ1n) is 6.13. The highest BCUT2D eigenvalue weighted by atomic mass is 19.2. The summed E-state index contributed by atoms with van der Waals surface area (Å²) in [7, 11) is 0. The number of benzene rings is 1. The molecule has 106 valence electrons. The Balaban J connectivity index is 2.50. The Morgan fingerprint density at radius 3 is 2.47 bits per heavy atom. The van der Waals surface area contributed by atoms with Gasteiger partial charge in [0.15, 0.2) is 11.6 Å². The van der Waals surface area contributed by atoms with Crippen molar-refractivity contribution in [3.63, 3.8) is 0 Å². The number of aliphatic hydroxyl groups excluding tert-OH is 1. The predicted octanol–water partition coefficient (Wildman–Crippen LogP) is 2.49. The van der Waals surface area contributed by atoms with Crippen LogP contribution in [0.25, 0.3) is 0 Å². The van der Waals surface area contributed by atoms with Gasteiger partial charge in [-0.1, -0.05) is 20.8 Å².